The molecule has 1 aliphatic rings. The van der Waals surface area contributed by atoms with Gasteiger partial charge in [0.1, 0.15) is 11.8 Å². The number of aliphatic hydroxyl groups excluding tert-OH is 1. The zero-order chi connectivity index (χ0) is 28.2. The summed E-state index contributed by atoms with van der Waals surface area (Å²) in [5.74, 6) is -0.322. The lowest BCUT2D eigenvalue weighted by atomic mass is 9.96. The van der Waals surface area contributed by atoms with Crippen LogP contribution < -0.4 is 10.6 Å². The van der Waals surface area contributed by atoms with Gasteiger partial charge in [0.05, 0.1) is 11.9 Å². The highest BCUT2D eigenvalue weighted by Gasteiger charge is 2.49. The number of hydrogen-bond donors (Lipinski definition) is 4. The molecule has 0 aliphatic carbocycles. The summed E-state index contributed by atoms with van der Waals surface area (Å²) in [5, 5.41) is 28.0. The average Bonchev–Trinajstić information content (AvgIpc) is 3.24. The third kappa shape index (κ3) is 6.57. The molecular weight excluding hydrogens is 510 g/mol. The number of aromatic hydroxyl groups is 1. The second kappa shape index (κ2) is 12.1. The summed E-state index contributed by atoms with van der Waals surface area (Å²) >= 11 is 1.52. The number of aliphatic hydroxyl groups is 1. The van der Waals surface area contributed by atoms with Crippen molar-refractivity contribution in [2.75, 3.05) is 11.2 Å². The fourth-order valence-electron chi connectivity index (χ4n) is 4.93. The molecule has 0 saturated carbocycles. The van der Waals surface area contributed by atoms with Gasteiger partial charge in [-0.3, -0.25) is 9.59 Å². The zero-order valence-corrected chi connectivity index (χ0v) is 23.7. The van der Waals surface area contributed by atoms with Crippen molar-refractivity contribution >= 4 is 29.3 Å². The van der Waals surface area contributed by atoms with Gasteiger partial charge in [0.25, 0.3) is 5.91 Å². The Morgan fingerprint density at radius 3 is 2.44 bits per heavy atom. The Kier molecular flexibility index (Phi) is 8.87. The van der Waals surface area contributed by atoms with Gasteiger partial charge >= 0.3 is 0 Å². The highest BCUT2D eigenvalue weighted by Crippen LogP contribution is 2.40. The molecule has 3 aromatic rings. The molecule has 1 heterocycles. The van der Waals surface area contributed by atoms with Gasteiger partial charge < -0.3 is 25.7 Å². The lowest BCUT2D eigenvalue weighted by Gasteiger charge is -2.33. The zero-order valence-electron chi connectivity index (χ0n) is 22.8. The smallest absolute Gasteiger partial charge is 0.254 e. The minimum absolute atomic E-state index is 0.127. The van der Waals surface area contributed by atoms with E-state index in [1.54, 1.807) is 25.1 Å². The number of nitrogens with zero attached hydrogens (tertiary/aromatic N) is 1. The van der Waals surface area contributed by atoms with Crippen LogP contribution in [0, 0.1) is 13.8 Å². The predicted octanol–water partition coefficient (Wildman–Crippen LogP) is 4.39. The van der Waals surface area contributed by atoms with Crippen molar-refractivity contribution in [1.82, 2.24) is 10.2 Å². The van der Waals surface area contributed by atoms with Gasteiger partial charge in [0.15, 0.2) is 6.10 Å². The Balaban J connectivity index is 1.56. The molecule has 1 fully saturated rings. The Hall–Kier alpha value is -3.49. The van der Waals surface area contributed by atoms with E-state index < -0.39 is 28.8 Å². The van der Waals surface area contributed by atoms with Gasteiger partial charge in [-0.15, -0.1) is 11.8 Å². The van der Waals surface area contributed by atoms with E-state index in [1.807, 2.05) is 75.4 Å². The largest absolute Gasteiger partial charge is 0.508 e. The molecule has 3 atom stereocenters. The van der Waals surface area contributed by atoms with Crippen LogP contribution in [0.2, 0.25) is 0 Å². The monoisotopic (exact) mass is 547 g/mol. The Labute approximate surface area is 234 Å². The number of carbonyl (C=O) groups is 2. The maximum atomic E-state index is 13.8. The van der Waals surface area contributed by atoms with Crippen LogP contribution in [-0.2, 0) is 22.6 Å². The Morgan fingerprint density at radius 2 is 1.72 bits per heavy atom. The summed E-state index contributed by atoms with van der Waals surface area (Å²) in [5.41, 5.74) is 4.30. The van der Waals surface area contributed by atoms with Gasteiger partial charge in [0.2, 0.25) is 5.91 Å². The molecule has 206 valence electrons. The molecule has 39 heavy (non-hydrogen) atoms. The SMILES string of the molecule is Cc1ccccc1CNC(=O)[C@H]1N(C(=O)[C@@H](O)[C@H](Cc2ccccc2)Nc2cccc(O)c2C)CSC1(C)C. The maximum absolute atomic E-state index is 13.8. The number of anilines is 1. The molecular formula is C31H37N3O4S. The topological polar surface area (TPSA) is 102 Å². The fraction of sp³-hybridized carbons (Fsp3) is 0.355. The molecule has 0 aromatic heterocycles. The Bertz CT molecular complexity index is 1310. The van der Waals surface area contributed by atoms with Crippen LogP contribution in [-0.4, -0.2) is 55.7 Å². The summed E-state index contributed by atoms with van der Waals surface area (Å²) in [4.78, 5) is 28.8. The van der Waals surface area contributed by atoms with Gasteiger partial charge in [0, 0.05) is 22.5 Å². The van der Waals surface area contributed by atoms with E-state index in [9.17, 15) is 19.8 Å². The van der Waals surface area contributed by atoms with Crippen LogP contribution in [0.3, 0.4) is 0 Å². The van der Waals surface area contributed by atoms with Gasteiger partial charge in [-0.1, -0.05) is 60.7 Å². The molecule has 4 rings (SSSR count). The van der Waals surface area contributed by atoms with E-state index in [0.717, 1.165) is 16.7 Å². The molecule has 0 unspecified atom stereocenters. The van der Waals surface area contributed by atoms with Gasteiger partial charge in [-0.05, 0) is 62.9 Å². The predicted molar refractivity (Wildman–Crippen MR) is 157 cm³/mol. The number of carbonyl (C=O) groups excluding carboxylic acids is 2. The van der Waals surface area contributed by atoms with E-state index in [2.05, 4.69) is 10.6 Å². The lowest BCUT2D eigenvalue weighted by Crippen LogP contribution is -2.57. The molecule has 3 aromatic carbocycles. The molecule has 4 N–H and O–H groups in total. The van der Waals surface area contributed by atoms with Crippen molar-refractivity contribution in [2.24, 2.45) is 0 Å². The van der Waals surface area contributed by atoms with E-state index in [1.165, 1.54) is 16.7 Å². The third-order valence-corrected chi connectivity index (χ3v) is 8.74. The first-order chi connectivity index (χ1) is 18.6. The van der Waals surface area contributed by atoms with E-state index in [4.69, 9.17) is 0 Å². The van der Waals surface area contributed by atoms with Crippen molar-refractivity contribution in [2.45, 2.75) is 63.6 Å². The molecule has 1 saturated heterocycles. The molecule has 8 heteroatoms. The third-order valence-electron chi connectivity index (χ3n) is 7.37. The summed E-state index contributed by atoms with van der Waals surface area (Å²) in [7, 11) is 0. The molecule has 2 amide bonds. The van der Waals surface area contributed by atoms with E-state index >= 15 is 0 Å². The molecule has 1 aliphatic heterocycles. The number of thioether (sulfide) groups is 1. The minimum Gasteiger partial charge on any atom is -0.508 e. The number of benzene rings is 3. The van der Waals surface area contributed by atoms with Gasteiger partial charge in [-0.25, -0.2) is 0 Å². The van der Waals surface area contributed by atoms with Crippen molar-refractivity contribution in [3.05, 3.63) is 95.1 Å². The standard InChI is InChI=1S/C31H37N3O4S/c1-20-11-8-9-14-23(20)18-32-29(37)28-31(3,4)39-19-34(28)30(38)27(36)25(17-22-12-6-5-7-13-22)33-24-15-10-16-26(35)21(24)2/h5-16,25,27-28,33,35-36H,17-19H2,1-4H3,(H,32,37)/t25-,27-,28+/m0/s1. The molecule has 0 spiro atoms. The summed E-state index contributed by atoms with van der Waals surface area (Å²) in [6, 6.07) is 21.2. The average molecular weight is 548 g/mol. The number of nitrogens with one attached hydrogen (secondary N) is 2. The number of amides is 2. The van der Waals surface area contributed by atoms with Crippen molar-refractivity contribution < 1.29 is 19.8 Å². The fourth-order valence-corrected chi connectivity index (χ4v) is 6.07. The van der Waals surface area contributed by atoms with Crippen LogP contribution >= 0.6 is 11.8 Å². The van der Waals surface area contributed by atoms with Crippen molar-refractivity contribution in [3.63, 3.8) is 0 Å². The Morgan fingerprint density at radius 1 is 1.03 bits per heavy atom. The molecule has 0 radical (unpaired) electrons. The van der Waals surface area contributed by atoms with Crippen molar-refractivity contribution in [3.8, 4) is 5.75 Å². The first-order valence-corrected chi connectivity index (χ1v) is 14.1. The maximum Gasteiger partial charge on any atom is 0.254 e. The first-order valence-electron chi connectivity index (χ1n) is 13.1. The van der Waals surface area contributed by atoms with Crippen LogP contribution in [0.1, 0.15) is 36.1 Å². The quantitative estimate of drug-likeness (QED) is 0.317. The number of aryl methyl sites for hydroxylation is 1. The number of phenolic OH excluding ortho intramolecular Hbond substituents is 1. The number of rotatable bonds is 9. The second-order valence-electron chi connectivity index (χ2n) is 10.6. The summed E-state index contributed by atoms with van der Waals surface area (Å²) < 4.78 is -0.532. The highest BCUT2D eigenvalue weighted by atomic mass is 32.2. The summed E-state index contributed by atoms with van der Waals surface area (Å²) in [6.45, 7) is 8.04. The van der Waals surface area contributed by atoms with Crippen LogP contribution in [0.5, 0.6) is 5.75 Å². The van der Waals surface area contributed by atoms with Gasteiger partial charge in [-0.2, -0.15) is 0 Å². The second-order valence-corrected chi connectivity index (χ2v) is 12.2. The van der Waals surface area contributed by atoms with E-state index in [0.29, 0.717) is 30.1 Å². The highest BCUT2D eigenvalue weighted by molar-refractivity contribution is 8.00. The van der Waals surface area contributed by atoms with Crippen molar-refractivity contribution in [1.29, 1.82) is 0 Å². The first kappa shape index (κ1) is 28.5. The number of hydrogen-bond acceptors (Lipinski definition) is 6. The van der Waals surface area contributed by atoms with Crippen LogP contribution in [0.15, 0.2) is 72.8 Å². The summed E-state index contributed by atoms with van der Waals surface area (Å²) in [6.07, 6.45) is -1.05. The normalized spacial score (nSPS) is 17.9. The molecule has 7 nitrogen and oxygen atoms in total. The van der Waals surface area contributed by atoms with E-state index in [-0.39, 0.29) is 11.7 Å². The van der Waals surface area contributed by atoms with Crippen LogP contribution in [0.25, 0.3) is 0 Å². The molecule has 0 bridgehead atoms. The minimum atomic E-state index is -1.42. The number of phenols is 1. The lowest BCUT2D eigenvalue weighted by molar-refractivity contribution is -0.146. The van der Waals surface area contributed by atoms with Crippen LogP contribution in [0.4, 0.5) is 5.69 Å².